The summed E-state index contributed by atoms with van der Waals surface area (Å²) in [5.74, 6) is 0.150. The number of fused-ring (bicyclic) bond motifs is 1. The third kappa shape index (κ3) is 1.62. The largest absolute Gasteiger partial charge is 0.369 e. The van der Waals surface area contributed by atoms with Gasteiger partial charge in [0.25, 0.3) is 0 Å². The molecule has 0 bridgehead atoms. The van der Waals surface area contributed by atoms with Gasteiger partial charge in [-0.2, -0.15) is 0 Å². The van der Waals surface area contributed by atoms with Crippen molar-refractivity contribution in [3.8, 4) is 0 Å². The van der Waals surface area contributed by atoms with Crippen LogP contribution < -0.4 is 4.90 Å². The maximum absolute atomic E-state index is 11.9. The number of benzene rings is 1. The first-order chi connectivity index (χ1) is 6.93. The van der Waals surface area contributed by atoms with Crippen molar-refractivity contribution in [3.63, 3.8) is 0 Å². The standard InChI is InChI=1S/C10H12ClNO2S/c1-7-6-15(13,14)9-5-3-4-8(11)10(9)12(7)2/h3-5,7H,6H2,1-2H3. The van der Waals surface area contributed by atoms with E-state index in [0.717, 1.165) is 0 Å². The van der Waals surface area contributed by atoms with Crippen molar-refractivity contribution in [2.45, 2.75) is 17.9 Å². The average Bonchev–Trinajstić information content (AvgIpc) is 2.14. The molecule has 1 aliphatic heterocycles. The van der Waals surface area contributed by atoms with Gasteiger partial charge in [0.15, 0.2) is 9.84 Å². The van der Waals surface area contributed by atoms with Gasteiger partial charge >= 0.3 is 0 Å². The fraction of sp³-hybridized carbons (Fsp3) is 0.400. The van der Waals surface area contributed by atoms with Crippen molar-refractivity contribution in [2.24, 2.45) is 0 Å². The SMILES string of the molecule is CC1CS(=O)(=O)c2cccc(Cl)c2N1C. The number of nitrogens with zero attached hydrogens (tertiary/aromatic N) is 1. The molecule has 15 heavy (non-hydrogen) atoms. The molecule has 1 aromatic rings. The van der Waals surface area contributed by atoms with Gasteiger partial charge in [-0.25, -0.2) is 8.42 Å². The third-order valence-electron chi connectivity index (χ3n) is 2.76. The van der Waals surface area contributed by atoms with Crippen LogP contribution >= 0.6 is 11.6 Å². The van der Waals surface area contributed by atoms with Crippen molar-refractivity contribution in [3.05, 3.63) is 23.2 Å². The summed E-state index contributed by atoms with van der Waals surface area (Å²) in [5, 5.41) is 0.491. The monoisotopic (exact) mass is 245 g/mol. The van der Waals surface area contributed by atoms with Crippen molar-refractivity contribution in [1.29, 1.82) is 0 Å². The zero-order chi connectivity index (χ0) is 11.2. The Morgan fingerprint density at radius 1 is 1.47 bits per heavy atom. The molecule has 2 rings (SSSR count). The summed E-state index contributed by atoms with van der Waals surface area (Å²) >= 11 is 6.02. The molecule has 0 fully saturated rings. The Hall–Kier alpha value is -0.740. The highest BCUT2D eigenvalue weighted by molar-refractivity contribution is 7.91. The summed E-state index contributed by atoms with van der Waals surface area (Å²) in [7, 11) is -1.31. The Labute approximate surface area is 94.6 Å². The summed E-state index contributed by atoms with van der Waals surface area (Å²) < 4.78 is 23.8. The van der Waals surface area contributed by atoms with E-state index in [1.54, 1.807) is 18.2 Å². The minimum Gasteiger partial charge on any atom is -0.369 e. The first-order valence-corrected chi connectivity index (χ1v) is 6.70. The lowest BCUT2D eigenvalue weighted by molar-refractivity contribution is 0.579. The van der Waals surface area contributed by atoms with Gasteiger partial charge in [0.1, 0.15) is 0 Å². The molecular formula is C10H12ClNO2S. The molecule has 0 amide bonds. The number of anilines is 1. The molecule has 0 saturated heterocycles. The maximum Gasteiger partial charge on any atom is 0.182 e. The van der Waals surface area contributed by atoms with Gasteiger partial charge in [0, 0.05) is 13.1 Å². The average molecular weight is 246 g/mol. The van der Waals surface area contributed by atoms with Crippen molar-refractivity contribution in [2.75, 3.05) is 17.7 Å². The van der Waals surface area contributed by atoms with E-state index in [9.17, 15) is 8.42 Å². The van der Waals surface area contributed by atoms with Gasteiger partial charge in [0.2, 0.25) is 0 Å². The van der Waals surface area contributed by atoms with Crippen LogP contribution in [0.15, 0.2) is 23.1 Å². The van der Waals surface area contributed by atoms with Crippen LogP contribution in [0.3, 0.4) is 0 Å². The van der Waals surface area contributed by atoms with Gasteiger partial charge in [-0.15, -0.1) is 0 Å². The normalized spacial score (nSPS) is 23.7. The topological polar surface area (TPSA) is 37.4 Å². The van der Waals surface area contributed by atoms with Crippen LogP contribution in [0.2, 0.25) is 5.02 Å². The molecule has 1 aliphatic rings. The quantitative estimate of drug-likeness (QED) is 0.701. The summed E-state index contributed by atoms with van der Waals surface area (Å²) in [6, 6.07) is 4.95. The first-order valence-electron chi connectivity index (χ1n) is 4.67. The van der Waals surface area contributed by atoms with Gasteiger partial charge in [-0.05, 0) is 19.1 Å². The Morgan fingerprint density at radius 2 is 2.13 bits per heavy atom. The first kappa shape index (κ1) is 10.8. The predicted molar refractivity (Wildman–Crippen MR) is 61.4 cm³/mol. The second-order valence-electron chi connectivity index (χ2n) is 3.83. The predicted octanol–water partition coefficient (Wildman–Crippen LogP) is 1.95. The lowest BCUT2D eigenvalue weighted by atomic mass is 10.2. The molecular weight excluding hydrogens is 234 g/mol. The minimum absolute atomic E-state index is 0.0394. The highest BCUT2D eigenvalue weighted by Gasteiger charge is 2.32. The van der Waals surface area contributed by atoms with Gasteiger partial charge in [-0.1, -0.05) is 17.7 Å². The molecule has 0 aliphatic carbocycles. The lowest BCUT2D eigenvalue weighted by Crippen LogP contribution is -2.40. The van der Waals surface area contributed by atoms with Gasteiger partial charge < -0.3 is 4.90 Å². The highest BCUT2D eigenvalue weighted by atomic mass is 35.5. The van der Waals surface area contributed by atoms with Crippen molar-refractivity contribution in [1.82, 2.24) is 0 Å². The van der Waals surface area contributed by atoms with E-state index in [0.29, 0.717) is 15.6 Å². The molecule has 0 aromatic heterocycles. The molecule has 1 atom stereocenters. The molecule has 0 N–H and O–H groups in total. The zero-order valence-corrected chi connectivity index (χ0v) is 10.1. The Kier molecular flexibility index (Phi) is 2.43. The van der Waals surface area contributed by atoms with Gasteiger partial charge in [-0.3, -0.25) is 0 Å². The summed E-state index contributed by atoms with van der Waals surface area (Å²) in [5.41, 5.74) is 0.623. The second kappa shape index (κ2) is 3.39. The molecule has 1 unspecified atom stereocenters. The van der Waals surface area contributed by atoms with E-state index in [2.05, 4.69) is 0 Å². The zero-order valence-electron chi connectivity index (χ0n) is 8.57. The smallest absolute Gasteiger partial charge is 0.182 e. The summed E-state index contributed by atoms with van der Waals surface area (Å²) in [6.07, 6.45) is 0. The molecule has 0 radical (unpaired) electrons. The minimum atomic E-state index is -3.17. The van der Waals surface area contributed by atoms with E-state index >= 15 is 0 Å². The number of para-hydroxylation sites is 1. The Balaban J connectivity index is 2.75. The number of sulfone groups is 1. The van der Waals surface area contributed by atoms with Crippen LogP contribution in [0.1, 0.15) is 6.92 Å². The summed E-state index contributed by atoms with van der Waals surface area (Å²) in [4.78, 5) is 2.26. The fourth-order valence-corrected chi connectivity index (χ4v) is 4.06. The van der Waals surface area contributed by atoms with E-state index in [-0.39, 0.29) is 11.8 Å². The van der Waals surface area contributed by atoms with Crippen LogP contribution in [0.25, 0.3) is 0 Å². The highest BCUT2D eigenvalue weighted by Crippen LogP contribution is 2.37. The molecule has 0 saturated carbocycles. The van der Waals surface area contributed by atoms with E-state index in [1.165, 1.54) is 0 Å². The molecule has 1 aromatic carbocycles. The fourth-order valence-electron chi connectivity index (χ4n) is 1.83. The van der Waals surface area contributed by atoms with Crippen molar-refractivity contribution >= 4 is 27.1 Å². The molecule has 5 heteroatoms. The van der Waals surface area contributed by atoms with Crippen LogP contribution in [-0.4, -0.2) is 27.3 Å². The maximum atomic E-state index is 11.9. The molecule has 82 valence electrons. The number of rotatable bonds is 0. The molecule has 3 nitrogen and oxygen atoms in total. The van der Waals surface area contributed by atoms with Crippen LogP contribution in [0.4, 0.5) is 5.69 Å². The second-order valence-corrected chi connectivity index (χ2v) is 6.24. The number of hydrogen-bond donors (Lipinski definition) is 0. The van der Waals surface area contributed by atoms with Gasteiger partial charge in [0.05, 0.1) is 21.4 Å². The Bertz CT molecular complexity index is 498. The number of halogens is 1. The van der Waals surface area contributed by atoms with Crippen LogP contribution in [0.5, 0.6) is 0 Å². The van der Waals surface area contributed by atoms with E-state index in [4.69, 9.17) is 11.6 Å². The van der Waals surface area contributed by atoms with Crippen molar-refractivity contribution < 1.29 is 8.42 Å². The molecule has 0 spiro atoms. The van der Waals surface area contributed by atoms with Crippen LogP contribution in [0, 0.1) is 0 Å². The summed E-state index contributed by atoms with van der Waals surface area (Å²) in [6.45, 7) is 1.88. The van der Waals surface area contributed by atoms with Crippen LogP contribution in [-0.2, 0) is 9.84 Å². The Morgan fingerprint density at radius 3 is 2.80 bits per heavy atom. The lowest BCUT2D eigenvalue weighted by Gasteiger charge is -2.33. The van der Waals surface area contributed by atoms with E-state index in [1.807, 2.05) is 18.9 Å². The van der Waals surface area contributed by atoms with E-state index < -0.39 is 9.84 Å². The number of hydrogen-bond acceptors (Lipinski definition) is 3. The third-order valence-corrected chi connectivity index (χ3v) is 4.99. The molecule has 1 heterocycles.